The van der Waals surface area contributed by atoms with Gasteiger partial charge in [-0.15, -0.1) is 10.2 Å². The van der Waals surface area contributed by atoms with Gasteiger partial charge in [0.05, 0.1) is 11.8 Å². The Balaban J connectivity index is 1.67. The maximum Gasteiger partial charge on any atom is 0.237 e. The summed E-state index contributed by atoms with van der Waals surface area (Å²) in [6.07, 6.45) is 1.71. The normalized spacial score (nSPS) is 11.9. The number of benzene rings is 2. The first kappa shape index (κ1) is 17.2. The van der Waals surface area contributed by atoms with E-state index in [0.29, 0.717) is 5.75 Å². The molecule has 6 heteroatoms. The molecule has 0 N–H and O–H groups in total. The van der Waals surface area contributed by atoms with Gasteiger partial charge in [-0.1, -0.05) is 60.3 Å². The highest BCUT2D eigenvalue weighted by atomic mass is 32.2. The molecule has 0 fully saturated rings. The Morgan fingerprint density at radius 3 is 2.44 bits per heavy atom. The second-order valence-corrected chi connectivity index (χ2v) is 6.63. The van der Waals surface area contributed by atoms with Crippen molar-refractivity contribution in [1.82, 2.24) is 14.8 Å². The van der Waals surface area contributed by atoms with Gasteiger partial charge in [-0.2, -0.15) is 0 Å². The minimum absolute atomic E-state index is 0.0260. The van der Waals surface area contributed by atoms with Gasteiger partial charge in [0.15, 0.2) is 5.16 Å². The zero-order chi connectivity index (χ0) is 17.6. The molecule has 1 atom stereocenters. The molecule has 5 nitrogen and oxygen atoms in total. The van der Waals surface area contributed by atoms with E-state index in [1.54, 1.807) is 18.3 Å². The summed E-state index contributed by atoms with van der Waals surface area (Å²) in [5.74, 6) is 0.337. The maximum atomic E-state index is 12.4. The van der Waals surface area contributed by atoms with E-state index in [4.69, 9.17) is 0 Å². The predicted molar refractivity (Wildman–Crippen MR) is 101 cm³/mol. The van der Waals surface area contributed by atoms with Crippen LogP contribution in [0.15, 0.2) is 72.1 Å². The van der Waals surface area contributed by atoms with Gasteiger partial charge in [-0.25, -0.2) is 0 Å². The highest BCUT2D eigenvalue weighted by Gasteiger charge is 2.16. The van der Waals surface area contributed by atoms with E-state index in [1.807, 2.05) is 53.1 Å². The number of aromatic nitrogens is 3. The van der Waals surface area contributed by atoms with Gasteiger partial charge in [0.25, 0.3) is 0 Å². The third-order valence-electron chi connectivity index (χ3n) is 4.08. The number of amides is 1. The smallest absolute Gasteiger partial charge is 0.237 e. The molecule has 0 aliphatic rings. The molecule has 128 valence electrons. The van der Waals surface area contributed by atoms with E-state index >= 15 is 0 Å². The van der Waals surface area contributed by atoms with Crippen molar-refractivity contribution in [2.75, 3.05) is 17.7 Å². The van der Waals surface area contributed by atoms with E-state index in [9.17, 15) is 4.79 Å². The number of anilines is 1. The molecule has 0 saturated heterocycles. The summed E-state index contributed by atoms with van der Waals surface area (Å²) < 4.78 is 2.00. The first-order valence-corrected chi connectivity index (χ1v) is 9.04. The molecule has 1 heterocycles. The quantitative estimate of drug-likeness (QED) is 0.636. The molecule has 0 unspecified atom stereocenters. The van der Waals surface area contributed by atoms with Crippen LogP contribution in [0.4, 0.5) is 5.69 Å². The molecule has 0 bridgehead atoms. The second-order valence-electron chi connectivity index (χ2n) is 5.68. The molecule has 1 aromatic heterocycles. The van der Waals surface area contributed by atoms with Gasteiger partial charge in [0, 0.05) is 12.7 Å². The zero-order valence-electron chi connectivity index (χ0n) is 14.2. The Bertz CT molecular complexity index is 820. The van der Waals surface area contributed by atoms with Crippen LogP contribution in [-0.4, -0.2) is 33.5 Å². The molecule has 0 aliphatic carbocycles. The Hall–Kier alpha value is -2.60. The number of hydrogen-bond donors (Lipinski definition) is 0. The maximum absolute atomic E-state index is 12.4. The largest absolute Gasteiger partial charge is 0.315 e. The summed E-state index contributed by atoms with van der Waals surface area (Å²) in [4.78, 5) is 14.1. The van der Waals surface area contributed by atoms with Crippen LogP contribution >= 0.6 is 11.8 Å². The molecule has 2 aromatic carbocycles. The average molecular weight is 352 g/mol. The third-order valence-corrected chi connectivity index (χ3v) is 5.02. The highest BCUT2D eigenvalue weighted by Crippen LogP contribution is 2.24. The third kappa shape index (κ3) is 4.09. The van der Waals surface area contributed by atoms with Gasteiger partial charge < -0.3 is 9.47 Å². The lowest BCUT2D eigenvalue weighted by Crippen LogP contribution is -2.28. The van der Waals surface area contributed by atoms with Crippen LogP contribution in [0.2, 0.25) is 0 Å². The molecule has 0 spiro atoms. The van der Waals surface area contributed by atoms with Crippen molar-refractivity contribution in [3.05, 3.63) is 72.6 Å². The number of carbonyl (C=O) groups is 1. The lowest BCUT2D eigenvalue weighted by Gasteiger charge is -2.18. The van der Waals surface area contributed by atoms with E-state index < -0.39 is 0 Å². The zero-order valence-corrected chi connectivity index (χ0v) is 15.1. The van der Waals surface area contributed by atoms with E-state index in [0.717, 1.165) is 10.8 Å². The Kier molecular flexibility index (Phi) is 5.50. The predicted octanol–water partition coefficient (Wildman–Crippen LogP) is 3.64. The Morgan fingerprint density at radius 1 is 1.12 bits per heavy atom. The van der Waals surface area contributed by atoms with Crippen molar-refractivity contribution in [1.29, 1.82) is 0 Å². The number of rotatable bonds is 6. The summed E-state index contributed by atoms with van der Waals surface area (Å²) in [5, 5.41) is 8.93. The number of para-hydroxylation sites is 1. The lowest BCUT2D eigenvalue weighted by molar-refractivity contribution is -0.115. The van der Waals surface area contributed by atoms with Crippen LogP contribution in [0.3, 0.4) is 0 Å². The number of nitrogens with zero attached hydrogens (tertiary/aromatic N) is 4. The Labute approximate surface area is 151 Å². The summed E-state index contributed by atoms with van der Waals surface area (Å²) >= 11 is 1.41. The van der Waals surface area contributed by atoms with Crippen molar-refractivity contribution in [2.24, 2.45) is 0 Å². The fraction of sp³-hybridized carbons (Fsp3) is 0.211. The van der Waals surface area contributed by atoms with Crippen molar-refractivity contribution in [2.45, 2.75) is 18.1 Å². The summed E-state index contributed by atoms with van der Waals surface area (Å²) in [7, 11) is 1.79. The fourth-order valence-electron chi connectivity index (χ4n) is 2.51. The van der Waals surface area contributed by atoms with E-state index in [1.165, 1.54) is 17.3 Å². The molecule has 0 saturated carbocycles. The summed E-state index contributed by atoms with van der Waals surface area (Å²) in [6, 6.07) is 19.9. The van der Waals surface area contributed by atoms with Gasteiger partial charge in [0.1, 0.15) is 6.33 Å². The topological polar surface area (TPSA) is 51.0 Å². The number of thioether (sulfide) groups is 1. The minimum Gasteiger partial charge on any atom is -0.315 e. The van der Waals surface area contributed by atoms with Crippen LogP contribution in [-0.2, 0) is 4.79 Å². The molecular weight excluding hydrogens is 332 g/mol. The van der Waals surface area contributed by atoms with E-state index in [-0.39, 0.29) is 11.9 Å². The van der Waals surface area contributed by atoms with Gasteiger partial charge in [-0.3, -0.25) is 4.79 Å². The van der Waals surface area contributed by atoms with Crippen molar-refractivity contribution in [3.8, 4) is 0 Å². The molecule has 3 aromatic rings. The molecule has 25 heavy (non-hydrogen) atoms. The molecule has 1 amide bonds. The van der Waals surface area contributed by atoms with Gasteiger partial charge in [-0.05, 0) is 24.6 Å². The molecule has 3 rings (SSSR count). The summed E-state index contributed by atoms with van der Waals surface area (Å²) in [5.41, 5.74) is 2.06. The second kappa shape index (κ2) is 7.98. The fourth-order valence-corrected chi connectivity index (χ4v) is 3.42. The molecule has 0 aliphatic heterocycles. The van der Waals surface area contributed by atoms with Crippen molar-refractivity contribution in [3.63, 3.8) is 0 Å². The van der Waals surface area contributed by atoms with Crippen molar-refractivity contribution >= 4 is 23.4 Å². The van der Waals surface area contributed by atoms with E-state index in [2.05, 4.69) is 29.3 Å². The van der Waals surface area contributed by atoms with Gasteiger partial charge >= 0.3 is 0 Å². The lowest BCUT2D eigenvalue weighted by atomic mass is 10.1. The number of carbonyl (C=O) groups excluding carboxylic acids is 1. The molecule has 0 radical (unpaired) electrons. The first-order chi connectivity index (χ1) is 12.2. The first-order valence-electron chi connectivity index (χ1n) is 8.05. The van der Waals surface area contributed by atoms with Crippen molar-refractivity contribution < 1.29 is 4.79 Å². The van der Waals surface area contributed by atoms with Crippen LogP contribution in [0.25, 0.3) is 0 Å². The van der Waals surface area contributed by atoms with Crippen LogP contribution < -0.4 is 4.90 Å². The summed E-state index contributed by atoms with van der Waals surface area (Å²) in [6.45, 7) is 2.10. The van der Waals surface area contributed by atoms with Crippen LogP contribution in [0, 0.1) is 0 Å². The standard InChI is InChI=1S/C19H20N4OS/c1-15(16-9-5-3-6-10-16)23-14-20-21-19(23)25-13-18(24)22(2)17-11-7-4-8-12-17/h3-12,14-15H,13H2,1-2H3/t15-/m0/s1. The van der Waals surface area contributed by atoms with Crippen LogP contribution in [0.5, 0.6) is 0 Å². The van der Waals surface area contributed by atoms with Gasteiger partial charge in [0.2, 0.25) is 5.91 Å². The number of hydrogen-bond acceptors (Lipinski definition) is 4. The highest BCUT2D eigenvalue weighted by molar-refractivity contribution is 7.99. The molecular formula is C19H20N4OS. The average Bonchev–Trinajstić information content (AvgIpc) is 3.15. The monoisotopic (exact) mass is 352 g/mol. The Morgan fingerprint density at radius 2 is 1.76 bits per heavy atom. The van der Waals surface area contributed by atoms with Crippen LogP contribution in [0.1, 0.15) is 18.5 Å². The minimum atomic E-state index is 0.0260. The SMILES string of the molecule is C[C@@H](c1ccccc1)n1cnnc1SCC(=O)N(C)c1ccccc1.